The number of benzene rings is 1. The van der Waals surface area contributed by atoms with E-state index in [0.717, 1.165) is 11.8 Å². The number of anilines is 1. The fourth-order valence-corrected chi connectivity index (χ4v) is 1.93. The van der Waals surface area contributed by atoms with E-state index in [4.69, 9.17) is 17.3 Å². The predicted molar refractivity (Wildman–Crippen MR) is 77.9 cm³/mol. The first-order chi connectivity index (χ1) is 9.97. The summed E-state index contributed by atoms with van der Waals surface area (Å²) in [7, 11) is 0. The van der Waals surface area contributed by atoms with Crippen LogP contribution in [0.3, 0.4) is 0 Å². The lowest BCUT2D eigenvalue weighted by Gasteiger charge is -2.06. The molecule has 1 aromatic heterocycles. The molecule has 0 atom stereocenters. The standard InChI is InChI=1S/C13H11ClN4O3/c14-9-3-1-2-8(4-9)6-17-13(19)10-5-12(15)16-7-11(10)18(20)21/h1-5,7H,6H2,(H2,15,16)(H,17,19). The molecule has 2 aromatic rings. The summed E-state index contributed by atoms with van der Waals surface area (Å²) in [4.78, 5) is 25.9. The largest absolute Gasteiger partial charge is 0.384 e. The molecule has 108 valence electrons. The van der Waals surface area contributed by atoms with Gasteiger partial charge in [-0.15, -0.1) is 0 Å². The van der Waals surface area contributed by atoms with Crippen molar-refractivity contribution in [1.29, 1.82) is 0 Å². The number of nitrogens with zero attached hydrogens (tertiary/aromatic N) is 2. The van der Waals surface area contributed by atoms with Crippen LogP contribution in [0.5, 0.6) is 0 Å². The van der Waals surface area contributed by atoms with Crippen molar-refractivity contribution >= 4 is 29.0 Å². The Morgan fingerprint density at radius 2 is 2.19 bits per heavy atom. The number of amides is 1. The zero-order valence-electron chi connectivity index (χ0n) is 10.7. The van der Waals surface area contributed by atoms with Crippen LogP contribution in [0.25, 0.3) is 0 Å². The van der Waals surface area contributed by atoms with Gasteiger partial charge in [0.25, 0.3) is 11.6 Å². The molecule has 0 aliphatic carbocycles. The molecule has 21 heavy (non-hydrogen) atoms. The van der Waals surface area contributed by atoms with Gasteiger partial charge < -0.3 is 11.1 Å². The molecule has 2 rings (SSSR count). The molecule has 0 unspecified atom stereocenters. The molecule has 0 saturated carbocycles. The molecule has 8 heteroatoms. The van der Waals surface area contributed by atoms with Crippen molar-refractivity contribution < 1.29 is 9.72 Å². The topological polar surface area (TPSA) is 111 Å². The summed E-state index contributed by atoms with van der Waals surface area (Å²) in [5.41, 5.74) is 5.71. The number of pyridine rings is 1. The van der Waals surface area contributed by atoms with Gasteiger partial charge in [-0.05, 0) is 23.8 Å². The van der Waals surface area contributed by atoms with Gasteiger partial charge in [0, 0.05) is 11.6 Å². The van der Waals surface area contributed by atoms with Crippen LogP contribution in [-0.2, 0) is 6.54 Å². The molecule has 3 N–H and O–H groups in total. The maximum Gasteiger partial charge on any atom is 0.300 e. The van der Waals surface area contributed by atoms with Gasteiger partial charge in [-0.2, -0.15) is 0 Å². The molecular weight excluding hydrogens is 296 g/mol. The third-order valence-corrected chi connectivity index (χ3v) is 2.92. The number of hydrogen-bond donors (Lipinski definition) is 2. The highest BCUT2D eigenvalue weighted by atomic mass is 35.5. The summed E-state index contributed by atoms with van der Waals surface area (Å²) >= 11 is 5.84. The lowest BCUT2D eigenvalue weighted by Crippen LogP contribution is -2.24. The Morgan fingerprint density at radius 1 is 1.43 bits per heavy atom. The molecule has 0 aliphatic heterocycles. The maximum atomic E-state index is 12.0. The normalized spacial score (nSPS) is 10.1. The van der Waals surface area contributed by atoms with Gasteiger partial charge in [-0.25, -0.2) is 4.98 Å². The minimum Gasteiger partial charge on any atom is -0.384 e. The molecule has 0 bridgehead atoms. The fourth-order valence-electron chi connectivity index (χ4n) is 1.72. The highest BCUT2D eigenvalue weighted by molar-refractivity contribution is 6.30. The van der Waals surface area contributed by atoms with Crippen molar-refractivity contribution in [1.82, 2.24) is 10.3 Å². The minimum atomic E-state index is -0.680. The summed E-state index contributed by atoms with van der Waals surface area (Å²) in [6, 6.07) is 8.10. The highest BCUT2D eigenvalue weighted by Crippen LogP contribution is 2.19. The smallest absolute Gasteiger partial charge is 0.300 e. The second-order valence-electron chi connectivity index (χ2n) is 4.20. The summed E-state index contributed by atoms with van der Waals surface area (Å²) in [6.45, 7) is 0.193. The van der Waals surface area contributed by atoms with Gasteiger partial charge in [-0.3, -0.25) is 14.9 Å². The van der Waals surface area contributed by atoms with Gasteiger partial charge in [0.05, 0.1) is 4.92 Å². The van der Waals surface area contributed by atoms with E-state index in [-0.39, 0.29) is 17.9 Å². The second kappa shape index (κ2) is 6.19. The Balaban J connectivity index is 2.17. The quantitative estimate of drug-likeness (QED) is 0.664. The lowest BCUT2D eigenvalue weighted by molar-refractivity contribution is -0.385. The third-order valence-electron chi connectivity index (χ3n) is 2.69. The van der Waals surface area contributed by atoms with Crippen molar-refractivity contribution in [2.24, 2.45) is 0 Å². The zero-order valence-corrected chi connectivity index (χ0v) is 11.5. The minimum absolute atomic E-state index is 0.0357. The number of hydrogen-bond acceptors (Lipinski definition) is 5. The molecule has 0 spiro atoms. The first kappa shape index (κ1) is 14.7. The van der Waals surface area contributed by atoms with Crippen LogP contribution in [0, 0.1) is 10.1 Å². The predicted octanol–water partition coefficient (Wildman–Crippen LogP) is 2.16. The first-order valence-electron chi connectivity index (χ1n) is 5.90. The van der Waals surface area contributed by atoms with Gasteiger partial charge in [0.15, 0.2) is 0 Å². The number of nitro groups is 1. The maximum absolute atomic E-state index is 12.0. The Kier molecular flexibility index (Phi) is 4.34. The van der Waals surface area contributed by atoms with E-state index >= 15 is 0 Å². The van der Waals surface area contributed by atoms with Crippen LogP contribution in [0.2, 0.25) is 5.02 Å². The van der Waals surface area contributed by atoms with E-state index in [1.54, 1.807) is 24.3 Å². The number of halogens is 1. The molecule has 7 nitrogen and oxygen atoms in total. The van der Waals surface area contributed by atoms with E-state index < -0.39 is 16.5 Å². The van der Waals surface area contributed by atoms with Crippen molar-refractivity contribution in [3.63, 3.8) is 0 Å². The summed E-state index contributed by atoms with van der Waals surface area (Å²) in [5, 5.41) is 14.0. The fraction of sp³-hybridized carbons (Fsp3) is 0.0769. The first-order valence-corrected chi connectivity index (χ1v) is 6.27. The molecule has 1 heterocycles. The van der Waals surface area contributed by atoms with E-state index in [2.05, 4.69) is 10.3 Å². The number of nitrogen functional groups attached to an aromatic ring is 1. The zero-order chi connectivity index (χ0) is 15.4. The van der Waals surface area contributed by atoms with E-state index in [1.165, 1.54) is 6.07 Å². The van der Waals surface area contributed by atoms with Gasteiger partial charge in [0.2, 0.25) is 0 Å². The highest BCUT2D eigenvalue weighted by Gasteiger charge is 2.20. The Bertz CT molecular complexity index is 706. The molecule has 1 amide bonds. The van der Waals surface area contributed by atoms with Crippen LogP contribution in [0.1, 0.15) is 15.9 Å². The molecule has 0 aliphatic rings. The van der Waals surface area contributed by atoms with E-state index in [0.29, 0.717) is 5.02 Å². The van der Waals surface area contributed by atoms with Crippen molar-refractivity contribution in [2.45, 2.75) is 6.54 Å². The monoisotopic (exact) mass is 306 g/mol. The molecule has 0 radical (unpaired) electrons. The SMILES string of the molecule is Nc1cc(C(=O)NCc2cccc(Cl)c2)c([N+](=O)[O-])cn1. The van der Waals surface area contributed by atoms with Crippen molar-refractivity contribution in [3.05, 3.63) is 62.8 Å². The van der Waals surface area contributed by atoms with Crippen LogP contribution in [0.4, 0.5) is 11.5 Å². The summed E-state index contributed by atoms with van der Waals surface area (Å²) in [6.07, 6.45) is 0.962. The van der Waals surface area contributed by atoms with E-state index in [1.807, 2.05) is 0 Å². The van der Waals surface area contributed by atoms with Gasteiger partial charge in [-0.1, -0.05) is 23.7 Å². The average Bonchev–Trinajstić information content (AvgIpc) is 2.44. The molecular formula is C13H11ClN4O3. The molecule has 1 aromatic carbocycles. The Labute approximate surface area is 124 Å². The Morgan fingerprint density at radius 3 is 2.86 bits per heavy atom. The second-order valence-corrected chi connectivity index (χ2v) is 4.63. The van der Waals surface area contributed by atoms with Gasteiger partial charge >= 0.3 is 0 Å². The van der Waals surface area contributed by atoms with Crippen LogP contribution in [-0.4, -0.2) is 15.8 Å². The molecule has 0 fully saturated rings. The average molecular weight is 307 g/mol. The number of nitrogens with two attached hydrogens (primary N) is 1. The number of aromatic nitrogens is 1. The summed E-state index contributed by atoms with van der Waals surface area (Å²) in [5.74, 6) is -0.565. The lowest BCUT2D eigenvalue weighted by atomic mass is 10.2. The number of nitrogens with one attached hydrogen (secondary N) is 1. The number of carbonyl (C=O) groups is 1. The number of rotatable bonds is 4. The summed E-state index contributed by atoms with van der Waals surface area (Å²) < 4.78 is 0. The van der Waals surface area contributed by atoms with Crippen molar-refractivity contribution in [3.8, 4) is 0 Å². The van der Waals surface area contributed by atoms with Crippen LogP contribution in [0.15, 0.2) is 36.5 Å². The number of carbonyl (C=O) groups excluding carboxylic acids is 1. The van der Waals surface area contributed by atoms with Crippen LogP contribution < -0.4 is 11.1 Å². The van der Waals surface area contributed by atoms with Crippen LogP contribution >= 0.6 is 11.6 Å². The van der Waals surface area contributed by atoms with Crippen molar-refractivity contribution in [2.75, 3.05) is 5.73 Å². The molecule has 0 saturated heterocycles. The Hall–Kier alpha value is -2.67. The third kappa shape index (κ3) is 3.67. The van der Waals surface area contributed by atoms with Gasteiger partial charge in [0.1, 0.15) is 17.6 Å². The van der Waals surface area contributed by atoms with E-state index in [9.17, 15) is 14.9 Å².